The highest BCUT2D eigenvalue weighted by Gasteiger charge is 1.93. The van der Waals surface area contributed by atoms with Crippen LogP contribution in [0.15, 0.2) is 0 Å². The zero-order valence-corrected chi connectivity index (χ0v) is 4.85. The Kier molecular flexibility index (Phi) is 2.88. The molecule has 0 unspecified atom stereocenters. The van der Waals surface area contributed by atoms with Crippen molar-refractivity contribution in [2.75, 3.05) is 33.1 Å². The van der Waals surface area contributed by atoms with Gasteiger partial charge in [-0.15, -0.1) is 0 Å². The predicted molar refractivity (Wildman–Crippen MR) is 29.6 cm³/mol. The van der Waals surface area contributed by atoms with Crippen molar-refractivity contribution in [2.45, 2.75) is 0 Å². The Morgan fingerprint density at radius 1 is 1.00 bits per heavy atom. The summed E-state index contributed by atoms with van der Waals surface area (Å²) >= 11 is 0. The van der Waals surface area contributed by atoms with Gasteiger partial charge in [-0.05, 0) is 0 Å². The molecule has 0 aliphatic carbocycles. The van der Waals surface area contributed by atoms with Gasteiger partial charge in [0.15, 0.2) is 0 Å². The van der Waals surface area contributed by atoms with E-state index in [0.29, 0.717) is 13.3 Å². The summed E-state index contributed by atoms with van der Waals surface area (Å²) in [6, 6.07) is 0. The molecule has 0 aromatic rings. The van der Waals surface area contributed by atoms with E-state index in [4.69, 9.17) is 9.47 Å². The third kappa shape index (κ3) is 2.26. The number of nitrogens with one attached hydrogen (secondary N) is 1. The van der Waals surface area contributed by atoms with Crippen LogP contribution in [0.4, 0.5) is 0 Å². The van der Waals surface area contributed by atoms with Crippen LogP contribution in [0.1, 0.15) is 0 Å². The van der Waals surface area contributed by atoms with E-state index in [1.165, 1.54) is 0 Å². The van der Waals surface area contributed by atoms with E-state index in [1.807, 2.05) is 0 Å². The summed E-state index contributed by atoms with van der Waals surface area (Å²) < 4.78 is 10.1. The van der Waals surface area contributed by atoms with Crippen LogP contribution >= 0.6 is 0 Å². The molecule has 0 radical (unpaired) electrons. The molecule has 3 heteroatoms. The molecule has 8 heavy (non-hydrogen) atoms. The minimum absolute atomic E-state index is 0.670. The molecule has 1 aliphatic heterocycles. The van der Waals surface area contributed by atoms with Crippen molar-refractivity contribution in [3.63, 3.8) is 0 Å². The lowest BCUT2D eigenvalue weighted by Crippen LogP contribution is -2.27. The molecule has 0 saturated carbocycles. The molecule has 1 rings (SSSR count). The molecule has 1 aliphatic rings. The topological polar surface area (TPSA) is 30.5 Å². The average molecular weight is 117 g/mol. The zero-order chi connectivity index (χ0) is 5.66. The van der Waals surface area contributed by atoms with Crippen molar-refractivity contribution >= 4 is 0 Å². The fraction of sp³-hybridized carbons (Fsp3) is 1.00. The molecule has 0 spiro atoms. The second-order valence-electron chi connectivity index (χ2n) is 1.66. The third-order valence-electron chi connectivity index (χ3n) is 0.999. The Balaban J connectivity index is 2.00. The molecule has 48 valence electrons. The van der Waals surface area contributed by atoms with Crippen molar-refractivity contribution in [1.82, 2.24) is 5.32 Å². The van der Waals surface area contributed by atoms with E-state index in [-0.39, 0.29) is 0 Å². The van der Waals surface area contributed by atoms with Crippen LogP contribution in [0.5, 0.6) is 0 Å². The molecule has 0 atom stereocenters. The van der Waals surface area contributed by atoms with E-state index >= 15 is 0 Å². The Morgan fingerprint density at radius 3 is 2.88 bits per heavy atom. The summed E-state index contributed by atoms with van der Waals surface area (Å²) in [5, 5.41) is 3.04. The van der Waals surface area contributed by atoms with Gasteiger partial charge in [-0.3, -0.25) is 5.32 Å². The smallest absolute Gasteiger partial charge is 0.0967 e. The highest BCUT2D eigenvalue weighted by Crippen LogP contribution is 1.79. The van der Waals surface area contributed by atoms with Gasteiger partial charge in [-0.25, -0.2) is 0 Å². The predicted octanol–water partition coefficient (Wildman–Crippen LogP) is -0.420. The Morgan fingerprint density at radius 2 is 1.88 bits per heavy atom. The molecular formula is C5H11NO2. The Bertz CT molecular complexity index is 34.4. The summed E-state index contributed by atoms with van der Waals surface area (Å²) in [5.74, 6) is 0. The monoisotopic (exact) mass is 117 g/mol. The minimum Gasteiger partial charge on any atom is -0.378 e. The van der Waals surface area contributed by atoms with Gasteiger partial charge in [0.1, 0.15) is 0 Å². The second-order valence-corrected chi connectivity index (χ2v) is 1.66. The fourth-order valence-corrected chi connectivity index (χ4v) is 0.581. The van der Waals surface area contributed by atoms with E-state index in [0.717, 1.165) is 19.8 Å². The van der Waals surface area contributed by atoms with Gasteiger partial charge >= 0.3 is 0 Å². The van der Waals surface area contributed by atoms with Crippen LogP contribution in [0.2, 0.25) is 0 Å². The number of hydrogen-bond acceptors (Lipinski definition) is 3. The van der Waals surface area contributed by atoms with Crippen molar-refractivity contribution in [2.24, 2.45) is 0 Å². The molecular weight excluding hydrogens is 106 g/mol. The van der Waals surface area contributed by atoms with Crippen molar-refractivity contribution in [3.05, 3.63) is 0 Å². The summed E-state index contributed by atoms with van der Waals surface area (Å²) in [7, 11) is 0. The van der Waals surface area contributed by atoms with E-state index in [2.05, 4.69) is 5.32 Å². The maximum atomic E-state index is 5.09. The highest BCUT2D eigenvalue weighted by molar-refractivity contribution is 4.41. The second kappa shape index (κ2) is 3.83. The van der Waals surface area contributed by atoms with Gasteiger partial charge in [0, 0.05) is 6.54 Å². The van der Waals surface area contributed by atoms with Crippen molar-refractivity contribution < 1.29 is 9.47 Å². The molecule has 0 aromatic heterocycles. The van der Waals surface area contributed by atoms with Crippen LogP contribution in [0.3, 0.4) is 0 Å². The summed E-state index contributed by atoms with van der Waals surface area (Å²) in [5.41, 5.74) is 0. The van der Waals surface area contributed by atoms with Crippen molar-refractivity contribution in [1.29, 1.82) is 0 Å². The van der Waals surface area contributed by atoms with Gasteiger partial charge in [0.05, 0.1) is 26.6 Å². The summed E-state index contributed by atoms with van der Waals surface area (Å²) in [4.78, 5) is 0. The first-order chi connectivity index (χ1) is 4.00. The van der Waals surface area contributed by atoms with E-state index < -0.39 is 0 Å². The molecule has 1 N–H and O–H groups in total. The number of rotatable bonds is 0. The van der Waals surface area contributed by atoms with E-state index in [1.54, 1.807) is 0 Å². The third-order valence-corrected chi connectivity index (χ3v) is 0.999. The van der Waals surface area contributed by atoms with Gasteiger partial charge in [0.2, 0.25) is 0 Å². The minimum atomic E-state index is 0.670. The summed E-state index contributed by atoms with van der Waals surface area (Å²) in [6.07, 6.45) is 0. The fourth-order valence-electron chi connectivity index (χ4n) is 0.581. The first kappa shape index (κ1) is 6.01. The molecule has 1 saturated heterocycles. The normalized spacial score (nSPS) is 24.0. The molecule has 0 bridgehead atoms. The molecule has 3 nitrogen and oxygen atoms in total. The van der Waals surface area contributed by atoms with Gasteiger partial charge in [0.25, 0.3) is 0 Å². The van der Waals surface area contributed by atoms with Crippen LogP contribution in [-0.4, -0.2) is 33.1 Å². The molecule has 1 heterocycles. The average Bonchev–Trinajstić information content (AvgIpc) is 1.62. The number of ether oxygens (including phenoxy) is 2. The lowest BCUT2D eigenvalue weighted by atomic mass is 10.6. The van der Waals surface area contributed by atoms with Crippen LogP contribution in [0, 0.1) is 0 Å². The maximum absolute atomic E-state index is 5.09. The Labute approximate surface area is 49.0 Å². The highest BCUT2D eigenvalue weighted by atomic mass is 16.5. The first-order valence-corrected chi connectivity index (χ1v) is 2.86. The lowest BCUT2D eigenvalue weighted by molar-refractivity contribution is 0.0173. The SMILES string of the molecule is C1COCCOCN1. The summed E-state index contributed by atoms with van der Waals surface area (Å²) in [6.45, 7) is 3.83. The van der Waals surface area contributed by atoms with Gasteiger partial charge < -0.3 is 9.47 Å². The van der Waals surface area contributed by atoms with Crippen LogP contribution in [0.25, 0.3) is 0 Å². The maximum Gasteiger partial charge on any atom is 0.0967 e. The van der Waals surface area contributed by atoms with Gasteiger partial charge in [-0.2, -0.15) is 0 Å². The quantitative estimate of drug-likeness (QED) is 0.467. The van der Waals surface area contributed by atoms with E-state index in [9.17, 15) is 0 Å². The first-order valence-electron chi connectivity index (χ1n) is 2.86. The van der Waals surface area contributed by atoms with Crippen LogP contribution in [-0.2, 0) is 9.47 Å². The standard InChI is InChI=1S/C5H11NO2/c1-2-7-3-4-8-5-6-1/h6H,1-5H2. The van der Waals surface area contributed by atoms with Crippen LogP contribution < -0.4 is 5.32 Å². The molecule has 0 amide bonds. The van der Waals surface area contributed by atoms with Gasteiger partial charge in [-0.1, -0.05) is 0 Å². The van der Waals surface area contributed by atoms with Crippen molar-refractivity contribution in [3.8, 4) is 0 Å². The lowest BCUT2D eigenvalue weighted by Gasteiger charge is -2.10. The Hall–Kier alpha value is -0.120. The molecule has 0 aromatic carbocycles. The molecule has 1 fully saturated rings. The zero-order valence-electron chi connectivity index (χ0n) is 4.85. The number of hydrogen-bond donors (Lipinski definition) is 1. The largest absolute Gasteiger partial charge is 0.378 e.